The minimum absolute atomic E-state index is 0.0727. The van der Waals surface area contributed by atoms with E-state index in [-0.39, 0.29) is 11.9 Å². The fraction of sp³-hybridized carbons (Fsp3) is 0.550. The lowest BCUT2D eigenvalue weighted by atomic mass is 9.96. The first-order valence-electron chi connectivity index (χ1n) is 9.73. The molecule has 1 saturated heterocycles. The Kier molecular flexibility index (Phi) is 6.68. The van der Waals surface area contributed by atoms with Crippen LogP contribution in [0.5, 0.6) is 0 Å². The van der Waals surface area contributed by atoms with Crippen molar-refractivity contribution in [2.75, 3.05) is 33.2 Å². The van der Waals surface area contributed by atoms with Gasteiger partial charge in [-0.1, -0.05) is 49.6 Å². The smallest absolute Gasteiger partial charge is 0.282 e. The molecule has 2 aliphatic rings. The Morgan fingerprint density at radius 2 is 1.67 bits per heavy atom. The highest BCUT2D eigenvalue weighted by molar-refractivity contribution is 7.86. The van der Waals surface area contributed by atoms with Crippen LogP contribution >= 0.6 is 0 Å². The summed E-state index contributed by atoms with van der Waals surface area (Å²) in [6.07, 6.45) is 8.63. The van der Waals surface area contributed by atoms with Crippen LogP contribution in [0.2, 0.25) is 0 Å². The summed E-state index contributed by atoms with van der Waals surface area (Å²) in [6.45, 7) is 1.56. The Balaban J connectivity index is 1.54. The average molecular weight is 392 g/mol. The van der Waals surface area contributed by atoms with Crippen molar-refractivity contribution in [3.05, 3.63) is 42.0 Å². The summed E-state index contributed by atoms with van der Waals surface area (Å²) < 4.78 is 28.9. The number of amides is 1. The monoisotopic (exact) mass is 391 g/mol. The first-order valence-corrected chi connectivity index (χ1v) is 11.1. The van der Waals surface area contributed by atoms with E-state index >= 15 is 0 Å². The lowest BCUT2D eigenvalue weighted by Gasteiger charge is -2.38. The molecule has 7 heteroatoms. The molecule has 1 aromatic rings. The van der Waals surface area contributed by atoms with Gasteiger partial charge in [0.25, 0.3) is 10.2 Å². The lowest BCUT2D eigenvalue weighted by molar-refractivity contribution is -0.127. The predicted octanol–water partition coefficient (Wildman–Crippen LogP) is 2.35. The number of carbonyl (C=O) groups is 1. The van der Waals surface area contributed by atoms with Gasteiger partial charge in [0.1, 0.15) is 0 Å². The SMILES string of the molecule is CN(C1CCCCC1)S(=O)(=O)N1CCN(C(=O)/C=C/c2ccccc2)CC1. The van der Waals surface area contributed by atoms with Crippen LogP contribution in [0, 0.1) is 0 Å². The molecular formula is C20H29N3O3S. The zero-order valence-corrected chi connectivity index (χ0v) is 16.8. The predicted molar refractivity (Wildman–Crippen MR) is 107 cm³/mol. The molecule has 1 aromatic carbocycles. The van der Waals surface area contributed by atoms with E-state index in [1.807, 2.05) is 30.3 Å². The molecule has 0 atom stereocenters. The average Bonchev–Trinajstić information content (AvgIpc) is 2.73. The highest BCUT2D eigenvalue weighted by Gasteiger charge is 2.35. The minimum atomic E-state index is -3.46. The molecule has 0 spiro atoms. The summed E-state index contributed by atoms with van der Waals surface area (Å²) in [4.78, 5) is 14.1. The largest absolute Gasteiger partial charge is 0.337 e. The number of nitrogens with zero attached hydrogens (tertiary/aromatic N) is 3. The molecule has 0 unspecified atom stereocenters. The second kappa shape index (κ2) is 8.99. The molecule has 1 aliphatic carbocycles. The van der Waals surface area contributed by atoms with Crippen molar-refractivity contribution in [2.45, 2.75) is 38.1 Å². The van der Waals surface area contributed by atoms with Gasteiger partial charge in [0.15, 0.2) is 0 Å². The number of rotatable bonds is 5. The number of piperazine rings is 1. The second-order valence-electron chi connectivity index (χ2n) is 7.28. The van der Waals surface area contributed by atoms with Crippen molar-refractivity contribution >= 4 is 22.2 Å². The van der Waals surface area contributed by atoms with E-state index in [4.69, 9.17) is 0 Å². The first kappa shape index (κ1) is 20.0. The van der Waals surface area contributed by atoms with E-state index in [1.54, 1.807) is 28.4 Å². The van der Waals surface area contributed by atoms with Crippen LogP contribution in [-0.2, 0) is 15.0 Å². The molecule has 0 radical (unpaired) electrons. The third kappa shape index (κ3) is 4.97. The fourth-order valence-corrected chi connectivity index (χ4v) is 5.37. The van der Waals surface area contributed by atoms with Crippen LogP contribution in [0.4, 0.5) is 0 Å². The topological polar surface area (TPSA) is 60.9 Å². The van der Waals surface area contributed by atoms with Crippen molar-refractivity contribution in [1.82, 2.24) is 13.5 Å². The Hall–Kier alpha value is -1.70. The molecule has 2 fully saturated rings. The second-order valence-corrected chi connectivity index (χ2v) is 9.27. The molecule has 6 nitrogen and oxygen atoms in total. The number of benzene rings is 1. The van der Waals surface area contributed by atoms with Crippen LogP contribution in [0.25, 0.3) is 6.08 Å². The van der Waals surface area contributed by atoms with Gasteiger partial charge in [-0.2, -0.15) is 17.0 Å². The van der Waals surface area contributed by atoms with Gasteiger partial charge >= 0.3 is 0 Å². The van der Waals surface area contributed by atoms with Gasteiger partial charge in [-0.25, -0.2) is 0 Å². The zero-order valence-electron chi connectivity index (χ0n) is 16.0. The van der Waals surface area contributed by atoms with E-state index in [9.17, 15) is 13.2 Å². The van der Waals surface area contributed by atoms with Crippen LogP contribution in [0.3, 0.4) is 0 Å². The Bertz CT molecular complexity index is 750. The van der Waals surface area contributed by atoms with Crippen LogP contribution in [0.15, 0.2) is 36.4 Å². The maximum atomic E-state index is 12.9. The van der Waals surface area contributed by atoms with Crippen molar-refractivity contribution in [1.29, 1.82) is 0 Å². The highest BCUT2D eigenvalue weighted by atomic mass is 32.2. The third-order valence-electron chi connectivity index (χ3n) is 5.55. The standard InChI is InChI=1S/C20H29N3O3S/c1-21(19-10-6-3-7-11-19)27(25,26)23-16-14-22(15-17-23)20(24)13-12-18-8-4-2-5-9-18/h2,4-5,8-9,12-13,19H,3,6-7,10-11,14-17H2,1H3/b13-12+. The first-order chi connectivity index (χ1) is 13.0. The van der Waals surface area contributed by atoms with E-state index in [0.29, 0.717) is 26.2 Å². The summed E-state index contributed by atoms with van der Waals surface area (Å²) in [5.74, 6) is -0.0727. The number of hydrogen-bond acceptors (Lipinski definition) is 3. The number of hydrogen-bond donors (Lipinski definition) is 0. The van der Waals surface area contributed by atoms with Crippen LogP contribution in [-0.4, -0.2) is 67.1 Å². The molecule has 27 heavy (non-hydrogen) atoms. The summed E-state index contributed by atoms with van der Waals surface area (Å²) in [7, 11) is -1.76. The van der Waals surface area contributed by atoms with Gasteiger partial charge in [-0.05, 0) is 24.5 Å². The normalized spacial score (nSPS) is 20.4. The zero-order chi connectivity index (χ0) is 19.3. The fourth-order valence-electron chi connectivity index (χ4n) is 3.79. The van der Waals surface area contributed by atoms with Crippen molar-refractivity contribution in [3.8, 4) is 0 Å². The molecule has 3 rings (SSSR count). The van der Waals surface area contributed by atoms with E-state index in [1.165, 1.54) is 10.7 Å². The molecule has 148 valence electrons. The maximum absolute atomic E-state index is 12.9. The van der Waals surface area contributed by atoms with Crippen molar-refractivity contribution < 1.29 is 13.2 Å². The van der Waals surface area contributed by atoms with Gasteiger partial charge < -0.3 is 4.90 Å². The van der Waals surface area contributed by atoms with Gasteiger partial charge in [0.2, 0.25) is 5.91 Å². The summed E-state index contributed by atoms with van der Waals surface area (Å²) in [5, 5.41) is 0. The van der Waals surface area contributed by atoms with E-state index in [2.05, 4.69) is 0 Å². The molecule has 1 heterocycles. The number of carbonyl (C=O) groups excluding carboxylic acids is 1. The van der Waals surface area contributed by atoms with Crippen molar-refractivity contribution in [2.24, 2.45) is 0 Å². The quantitative estimate of drug-likeness (QED) is 0.724. The van der Waals surface area contributed by atoms with Gasteiger partial charge in [-0.15, -0.1) is 0 Å². The summed E-state index contributed by atoms with van der Waals surface area (Å²) in [5.41, 5.74) is 0.973. The summed E-state index contributed by atoms with van der Waals surface area (Å²) >= 11 is 0. The molecule has 1 aliphatic heterocycles. The molecule has 0 aromatic heterocycles. The third-order valence-corrected chi connectivity index (χ3v) is 7.59. The van der Waals surface area contributed by atoms with Gasteiger partial charge in [-0.3, -0.25) is 4.79 Å². The van der Waals surface area contributed by atoms with Gasteiger partial charge in [0, 0.05) is 45.3 Å². The van der Waals surface area contributed by atoms with Crippen LogP contribution < -0.4 is 0 Å². The van der Waals surface area contributed by atoms with Gasteiger partial charge in [0.05, 0.1) is 0 Å². The van der Waals surface area contributed by atoms with E-state index < -0.39 is 10.2 Å². The maximum Gasteiger partial charge on any atom is 0.282 e. The Morgan fingerprint density at radius 1 is 1.04 bits per heavy atom. The van der Waals surface area contributed by atoms with E-state index in [0.717, 1.165) is 31.2 Å². The molecule has 0 bridgehead atoms. The van der Waals surface area contributed by atoms with Crippen LogP contribution in [0.1, 0.15) is 37.7 Å². The molecular weight excluding hydrogens is 362 g/mol. The lowest BCUT2D eigenvalue weighted by Crippen LogP contribution is -2.55. The highest BCUT2D eigenvalue weighted by Crippen LogP contribution is 2.25. The Labute approximate surface area is 162 Å². The minimum Gasteiger partial charge on any atom is -0.337 e. The molecule has 1 amide bonds. The molecule has 1 saturated carbocycles. The molecule has 0 N–H and O–H groups in total. The Morgan fingerprint density at radius 3 is 2.30 bits per heavy atom. The van der Waals surface area contributed by atoms with Crippen molar-refractivity contribution in [3.63, 3.8) is 0 Å². The summed E-state index contributed by atoms with van der Waals surface area (Å²) in [6, 6.07) is 9.78.